The molecule has 1 nitrogen and oxygen atoms in total. The highest BCUT2D eigenvalue weighted by Gasteiger charge is 2.04. The standard InChI is InChI=1S/C9H5Cl2O/c1-2-6-12-9-7(10)4-3-5-8(9)11/h1,4-5H,6H2. The topological polar surface area (TPSA) is 9.23 Å². The smallest absolute Gasteiger partial charge is 0.157 e. The Morgan fingerprint density at radius 2 is 2.00 bits per heavy atom. The number of halogens is 2. The monoisotopic (exact) mass is 199 g/mol. The largest absolute Gasteiger partial charge is 0.478 e. The molecule has 0 atom stereocenters. The van der Waals surface area contributed by atoms with Gasteiger partial charge >= 0.3 is 0 Å². The van der Waals surface area contributed by atoms with Crippen molar-refractivity contribution >= 4 is 23.2 Å². The second-order valence-corrected chi connectivity index (χ2v) is 2.79. The minimum absolute atomic E-state index is 0.156. The first kappa shape index (κ1) is 9.25. The Morgan fingerprint density at radius 1 is 1.42 bits per heavy atom. The summed E-state index contributed by atoms with van der Waals surface area (Å²) in [6.07, 6.45) is 5.01. The highest BCUT2D eigenvalue weighted by Crippen LogP contribution is 2.31. The average molecular weight is 200 g/mol. The van der Waals surface area contributed by atoms with E-state index in [1.165, 1.54) is 0 Å². The van der Waals surface area contributed by atoms with Crippen LogP contribution in [0.25, 0.3) is 0 Å². The Hall–Kier alpha value is -0.840. The van der Waals surface area contributed by atoms with Crippen molar-refractivity contribution in [3.63, 3.8) is 0 Å². The third kappa shape index (κ3) is 2.07. The summed E-state index contributed by atoms with van der Waals surface area (Å²) >= 11 is 11.5. The fraction of sp³-hybridized carbons (Fsp3) is 0.111. The van der Waals surface area contributed by atoms with Crippen LogP contribution in [0.1, 0.15) is 0 Å². The molecule has 0 aliphatic rings. The van der Waals surface area contributed by atoms with Gasteiger partial charge in [-0.05, 0) is 18.2 Å². The van der Waals surface area contributed by atoms with Gasteiger partial charge in [0.05, 0.1) is 10.0 Å². The van der Waals surface area contributed by atoms with Crippen LogP contribution in [0, 0.1) is 18.4 Å². The van der Waals surface area contributed by atoms with E-state index in [4.69, 9.17) is 34.4 Å². The summed E-state index contributed by atoms with van der Waals surface area (Å²) in [6, 6.07) is 5.89. The lowest BCUT2D eigenvalue weighted by molar-refractivity contribution is 0.371. The Bertz CT molecular complexity index is 295. The predicted octanol–water partition coefficient (Wildman–Crippen LogP) is 2.81. The third-order valence-corrected chi connectivity index (χ3v) is 1.72. The molecule has 1 radical (unpaired) electrons. The summed E-state index contributed by atoms with van der Waals surface area (Å²) in [5.41, 5.74) is 0. The normalized spacial score (nSPS) is 9.08. The number of terminal acetylenes is 1. The van der Waals surface area contributed by atoms with E-state index in [0.29, 0.717) is 15.8 Å². The molecule has 0 aliphatic heterocycles. The van der Waals surface area contributed by atoms with Crippen LogP contribution in [0.3, 0.4) is 0 Å². The minimum Gasteiger partial charge on any atom is -0.478 e. The Kier molecular flexibility index (Phi) is 3.28. The molecule has 1 aromatic rings. The van der Waals surface area contributed by atoms with Gasteiger partial charge in [-0.2, -0.15) is 0 Å². The molecule has 0 saturated carbocycles. The average Bonchev–Trinajstić information content (AvgIpc) is 2.04. The molecule has 0 N–H and O–H groups in total. The fourth-order valence-electron chi connectivity index (χ4n) is 0.685. The van der Waals surface area contributed by atoms with Crippen molar-refractivity contribution in [3.05, 3.63) is 28.2 Å². The molecule has 1 rings (SSSR count). The van der Waals surface area contributed by atoms with Crippen molar-refractivity contribution in [1.82, 2.24) is 0 Å². The van der Waals surface area contributed by atoms with Gasteiger partial charge in [0.25, 0.3) is 0 Å². The van der Waals surface area contributed by atoms with E-state index in [2.05, 4.69) is 12.0 Å². The van der Waals surface area contributed by atoms with Crippen LogP contribution in [0.15, 0.2) is 12.1 Å². The van der Waals surface area contributed by atoms with Crippen molar-refractivity contribution in [2.75, 3.05) is 6.61 Å². The van der Waals surface area contributed by atoms with Crippen LogP contribution in [0.5, 0.6) is 5.75 Å². The molecule has 0 bridgehead atoms. The van der Waals surface area contributed by atoms with Crippen molar-refractivity contribution in [3.8, 4) is 18.1 Å². The SMILES string of the molecule is C#CCOc1c(Cl)c[c]cc1Cl. The van der Waals surface area contributed by atoms with E-state index in [9.17, 15) is 0 Å². The Balaban J connectivity index is 2.90. The first-order chi connectivity index (χ1) is 5.75. The van der Waals surface area contributed by atoms with E-state index >= 15 is 0 Å². The van der Waals surface area contributed by atoms with Crippen LogP contribution >= 0.6 is 23.2 Å². The summed E-state index contributed by atoms with van der Waals surface area (Å²) in [7, 11) is 0. The van der Waals surface area contributed by atoms with Crippen LogP contribution in [-0.4, -0.2) is 6.61 Å². The van der Waals surface area contributed by atoms with Crippen LogP contribution in [-0.2, 0) is 0 Å². The van der Waals surface area contributed by atoms with Crippen molar-refractivity contribution in [1.29, 1.82) is 0 Å². The molecule has 0 saturated heterocycles. The van der Waals surface area contributed by atoms with Gasteiger partial charge in [0.1, 0.15) is 6.61 Å². The molecule has 0 unspecified atom stereocenters. The molecule has 12 heavy (non-hydrogen) atoms. The van der Waals surface area contributed by atoms with E-state index < -0.39 is 0 Å². The van der Waals surface area contributed by atoms with E-state index in [1.54, 1.807) is 12.1 Å². The first-order valence-electron chi connectivity index (χ1n) is 3.17. The lowest BCUT2D eigenvalue weighted by atomic mass is 10.3. The quantitative estimate of drug-likeness (QED) is 0.667. The number of rotatable bonds is 2. The summed E-state index contributed by atoms with van der Waals surface area (Å²) in [4.78, 5) is 0. The lowest BCUT2D eigenvalue weighted by Gasteiger charge is -2.05. The van der Waals surface area contributed by atoms with Crippen LogP contribution < -0.4 is 4.74 Å². The van der Waals surface area contributed by atoms with Crippen LogP contribution in [0.4, 0.5) is 0 Å². The van der Waals surface area contributed by atoms with Gasteiger partial charge in [-0.3, -0.25) is 0 Å². The number of benzene rings is 1. The fourth-order valence-corrected chi connectivity index (χ4v) is 1.17. The van der Waals surface area contributed by atoms with Crippen molar-refractivity contribution < 1.29 is 4.74 Å². The molecule has 0 aliphatic carbocycles. The van der Waals surface area contributed by atoms with Crippen LogP contribution in [0.2, 0.25) is 10.0 Å². The van der Waals surface area contributed by atoms with E-state index in [-0.39, 0.29) is 6.61 Å². The molecule has 0 heterocycles. The molecular formula is C9H5Cl2O. The van der Waals surface area contributed by atoms with Gasteiger partial charge in [-0.1, -0.05) is 29.1 Å². The number of ether oxygens (including phenoxy) is 1. The number of hydrogen-bond acceptors (Lipinski definition) is 1. The second-order valence-electron chi connectivity index (χ2n) is 1.97. The zero-order valence-corrected chi connectivity index (χ0v) is 7.62. The predicted molar refractivity (Wildman–Crippen MR) is 49.6 cm³/mol. The van der Waals surface area contributed by atoms with Gasteiger partial charge in [0, 0.05) is 0 Å². The summed E-state index contributed by atoms with van der Waals surface area (Å²) in [5, 5.41) is 0.829. The van der Waals surface area contributed by atoms with E-state index in [0.717, 1.165) is 0 Å². The maximum Gasteiger partial charge on any atom is 0.157 e. The zero-order chi connectivity index (χ0) is 8.97. The molecule has 0 fully saturated rings. The Labute approximate surface area is 81.2 Å². The van der Waals surface area contributed by atoms with Gasteiger partial charge in [-0.15, -0.1) is 6.42 Å². The number of hydrogen-bond donors (Lipinski definition) is 0. The zero-order valence-electron chi connectivity index (χ0n) is 6.10. The maximum absolute atomic E-state index is 5.76. The lowest BCUT2D eigenvalue weighted by Crippen LogP contribution is -1.94. The second kappa shape index (κ2) is 4.25. The molecule has 0 amide bonds. The maximum atomic E-state index is 5.76. The molecule has 1 aromatic carbocycles. The molecule has 3 heteroatoms. The van der Waals surface area contributed by atoms with Crippen molar-refractivity contribution in [2.24, 2.45) is 0 Å². The van der Waals surface area contributed by atoms with Gasteiger partial charge in [0.2, 0.25) is 0 Å². The Morgan fingerprint density at radius 3 is 2.50 bits per heavy atom. The molecule has 0 spiro atoms. The highest BCUT2D eigenvalue weighted by atomic mass is 35.5. The van der Waals surface area contributed by atoms with Gasteiger partial charge < -0.3 is 4.74 Å². The third-order valence-electron chi connectivity index (χ3n) is 1.15. The summed E-state index contributed by atoms with van der Waals surface area (Å²) in [5.74, 6) is 2.73. The highest BCUT2D eigenvalue weighted by molar-refractivity contribution is 6.37. The summed E-state index contributed by atoms with van der Waals surface area (Å²) < 4.78 is 5.10. The first-order valence-corrected chi connectivity index (χ1v) is 3.92. The minimum atomic E-state index is 0.156. The molecular weight excluding hydrogens is 195 g/mol. The van der Waals surface area contributed by atoms with Crippen molar-refractivity contribution in [2.45, 2.75) is 0 Å². The van der Waals surface area contributed by atoms with Gasteiger partial charge in [-0.25, -0.2) is 0 Å². The molecule has 61 valence electrons. The van der Waals surface area contributed by atoms with Gasteiger partial charge in [0.15, 0.2) is 5.75 Å². The molecule has 0 aromatic heterocycles. The summed E-state index contributed by atoms with van der Waals surface area (Å²) in [6.45, 7) is 0.156. The van der Waals surface area contributed by atoms with E-state index in [1.807, 2.05) is 0 Å².